The highest BCUT2D eigenvalue weighted by Crippen LogP contribution is 2.17. The van der Waals surface area contributed by atoms with Crippen LogP contribution >= 0.6 is 25.3 Å². The van der Waals surface area contributed by atoms with Crippen LogP contribution in [0, 0.1) is 0 Å². The second kappa shape index (κ2) is 12.5. The Morgan fingerprint density at radius 3 is 1.13 bits per heavy atom. The molecule has 0 saturated carbocycles. The molecule has 0 radical (unpaired) electrons. The molecule has 1 rings (SSSR count). The molecular weight excluding hydrogens is 493 g/mol. The number of sulfone groups is 3. The van der Waals surface area contributed by atoms with Gasteiger partial charge in [0.1, 0.15) is 0 Å². The number of thiol groups is 2. The van der Waals surface area contributed by atoms with E-state index in [0.29, 0.717) is 30.8 Å². The number of nitrogens with zero attached hydrogens (tertiary/aromatic N) is 3. The molecule has 0 aromatic carbocycles. The number of hydrogen-bond acceptors (Lipinski definition) is 12. The van der Waals surface area contributed by atoms with E-state index in [1.807, 2.05) is 0 Å². The maximum Gasteiger partial charge on any atom is 0.252 e. The van der Waals surface area contributed by atoms with Gasteiger partial charge in [0.2, 0.25) is 29.5 Å². The predicted molar refractivity (Wildman–Crippen MR) is 120 cm³/mol. The third-order valence-electron chi connectivity index (χ3n) is 3.92. The minimum Gasteiger partial charge on any atom is -0.330 e. The Bertz CT molecular complexity index is 856. The smallest absolute Gasteiger partial charge is 0.252 e. The zero-order valence-corrected chi connectivity index (χ0v) is 20.7. The maximum atomic E-state index is 12.6. The molecule has 0 unspecified atom stereocenters. The summed E-state index contributed by atoms with van der Waals surface area (Å²) in [4.78, 5) is 10.9. The molecule has 0 bridgehead atoms. The molecule has 1 heterocycles. The third-order valence-corrected chi connectivity index (χ3v) is 9.25. The number of nitrogens with two attached hydrogens (primary N) is 1. The fourth-order valence-electron chi connectivity index (χ4n) is 2.26. The SMILES string of the molecule is NCCCCS(=O)(=O)c1nc(S(=O)(=O)CCCCS)nc(S(=O)(=O)CCCCS)n1. The van der Waals surface area contributed by atoms with E-state index in [9.17, 15) is 25.3 Å². The number of rotatable bonds is 15. The van der Waals surface area contributed by atoms with Gasteiger partial charge in [0.05, 0.1) is 17.3 Å². The lowest BCUT2D eigenvalue weighted by atomic mass is 10.3. The standard InChI is InChI=1S/C15H28N4O6S5/c16-7-1-4-10-28(20,21)13-17-14(29(22,23)11-5-2-8-26)19-15(18-13)30(24,25)12-6-3-9-27/h26-27H,1-12,16H2. The highest BCUT2D eigenvalue weighted by molar-refractivity contribution is 7.92. The van der Waals surface area contributed by atoms with E-state index < -0.39 is 45.0 Å². The van der Waals surface area contributed by atoms with Crippen molar-refractivity contribution in [1.29, 1.82) is 0 Å². The lowest BCUT2D eigenvalue weighted by molar-refractivity contribution is 0.544. The first-order valence-corrected chi connectivity index (χ1v) is 15.6. The molecule has 0 atom stereocenters. The van der Waals surface area contributed by atoms with Crippen molar-refractivity contribution in [3.8, 4) is 0 Å². The van der Waals surface area contributed by atoms with Crippen LogP contribution in [0.2, 0.25) is 0 Å². The van der Waals surface area contributed by atoms with Crippen molar-refractivity contribution < 1.29 is 25.3 Å². The quantitative estimate of drug-likeness (QED) is 0.217. The number of hydrogen-bond donors (Lipinski definition) is 3. The fraction of sp³-hybridized carbons (Fsp3) is 0.800. The molecule has 2 N–H and O–H groups in total. The Morgan fingerprint density at radius 1 is 0.567 bits per heavy atom. The summed E-state index contributed by atoms with van der Waals surface area (Å²) in [6.07, 6.45) is 2.14. The van der Waals surface area contributed by atoms with Gasteiger partial charge in [0.15, 0.2) is 0 Å². The van der Waals surface area contributed by atoms with Crippen molar-refractivity contribution in [1.82, 2.24) is 15.0 Å². The van der Waals surface area contributed by atoms with Crippen LogP contribution in [0.5, 0.6) is 0 Å². The molecular formula is C15H28N4O6S5. The summed E-state index contributed by atoms with van der Waals surface area (Å²) in [7, 11) is -12.3. The first-order chi connectivity index (χ1) is 14.0. The Hall–Kier alpha value is -0.480. The second-order valence-electron chi connectivity index (χ2n) is 6.50. The summed E-state index contributed by atoms with van der Waals surface area (Å²) in [5, 5.41) is -2.54. The average Bonchev–Trinajstić information content (AvgIpc) is 2.68. The molecule has 15 heteroatoms. The Kier molecular flexibility index (Phi) is 11.5. The molecule has 1 aromatic heterocycles. The Morgan fingerprint density at radius 2 is 0.867 bits per heavy atom. The van der Waals surface area contributed by atoms with Gasteiger partial charge in [0.25, 0.3) is 15.5 Å². The van der Waals surface area contributed by atoms with Crippen LogP contribution in [-0.4, -0.2) is 75.5 Å². The topological polar surface area (TPSA) is 167 Å². The van der Waals surface area contributed by atoms with Crippen molar-refractivity contribution in [2.75, 3.05) is 35.3 Å². The number of unbranched alkanes of at least 4 members (excludes halogenated alkanes) is 3. The monoisotopic (exact) mass is 520 g/mol. The van der Waals surface area contributed by atoms with Crippen LogP contribution in [0.15, 0.2) is 15.5 Å². The summed E-state index contributed by atoms with van der Waals surface area (Å²) < 4.78 is 75.5. The largest absolute Gasteiger partial charge is 0.330 e. The van der Waals surface area contributed by atoms with Gasteiger partial charge >= 0.3 is 0 Å². The number of aromatic nitrogens is 3. The summed E-state index contributed by atoms with van der Waals surface area (Å²) in [5.74, 6) is -0.157. The predicted octanol–water partition coefficient (Wildman–Crippen LogP) is 0.352. The van der Waals surface area contributed by atoms with Gasteiger partial charge in [-0.25, -0.2) is 25.3 Å². The second-order valence-corrected chi connectivity index (χ2v) is 13.4. The molecule has 0 aliphatic rings. The molecule has 0 amide bonds. The molecule has 0 aliphatic carbocycles. The van der Waals surface area contributed by atoms with Crippen molar-refractivity contribution >= 4 is 54.8 Å². The summed E-state index contributed by atoms with van der Waals surface area (Å²) in [5.41, 5.74) is 5.37. The van der Waals surface area contributed by atoms with Gasteiger partial charge in [0, 0.05) is 0 Å². The molecule has 0 spiro atoms. The van der Waals surface area contributed by atoms with E-state index in [1.165, 1.54) is 0 Å². The average molecular weight is 521 g/mol. The van der Waals surface area contributed by atoms with Gasteiger partial charge in [-0.3, -0.25) is 0 Å². The van der Waals surface area contributed by atoms with Crippen molar-refractivity contribution in [2.24, 2.45) is 5.73 Å². The normalized spacial score (nSPS) is 12.9. The molecule has 10 nitrogen and oxygen atoms in total. The molecule has 174 valence electrons. The molecule has 0 aliphatic heterocycles. The lowest BCUT2D eigenvalue weighted by Crippen LogP contribution is -2.22. The minimum absolute atomic E-state index is 0.207. The minimum atomic E-state index is -4.12. The fourth-order valence-corrected chi connectivity index (χ4v) is 6.53. The molecule has 0 fully saturated rings. The van der Waals surface area contributed by atoms with Crippen molar-refractivity contribution in [3.63, 3.8) is 0 Å². The van der Waals surface area contributed by atoms with E-state index in [0.717, 1.165) is 0 Å². The van der Waals surface area contributed by atoms with Crippen LogP contribution in [0.25, 0.3) is 0 Å². The van der Waals surface area contributed by atoms with Crippen LogP contribution < -0.4 is 5.73 Å². The molecule has 1 aromatic rings. The van der Waals surface area contributed by atoms with E-state index >= 15 is 0 Å². The van der Waals surface area contributed by atoms with E-state index in [4.69, 9.17) is 5.73 Å². The van der Waals surface area contributed by atoms with Gasteiger partial charge in [-0.2, -0.15) is 40.2 Å². The van der Waals surface area contributed by atoms with Crippen LogP contribution in [-0.2, 0) is 29.5 Å². The van der Waals surface area contributed by atoms with Gasteiger partial charge in [-0.1, -0.05) is 0 Å². The molecule has 30 heavy (non-hydrogen) atoms. The maximum absolute atomic E-state index is 12.6. The Labute approximate surface area is 189 Å². The summed E-state index contributed by atoms with van der Waals surface area (Å²) in [6.45, 7) is 0.280. The zero-order chi connectivity index (χ0) is 22.8. The van der Waals surface area contributed by atoms with E-state index in [2.05, 4.69) is 40.2 Å². The van der Waals surface area contributed by atoms with Gasteiger partial charge < -0.3 is 5.73 Å². The van der Waals surface area contributed by atoms with Crippen LogP contribution in [0.4, 0.5) is 0 Å². The van der Waals surface area contributed by atoms with E-state index in [-0.39, 0.29) is 43.1 Å². The zero-order valence-electron chi connectivity index (χ0n) is 16.5. The van der Waals surface area contributed by atoms with Crippen molar-refractivity contribution in [3.05, 3.63) is 0 Å². The highest BCUT2D eigenvalue weighted by Gasteiger charge is 2.29. The third kappa shape index (κ3) is 8.57. The first kappa shape index (κ1) is 27.6. The van der Waals surface area contributed by atoms with Crippen LogP contribution in [0.3, 0.4) is 0 Å². The lowest BCUT2D eigenvalue weighted by Gasteiger charge is -2.09. The van der Waals surface area contributed by atoms with Gasteiger partial charge in [-0.15, -0.1) is 0 Å². The molecule has 0 saturated heterocycles. The van der Waals surface area contributed by atoms with Crippen LogP contribution in [0.1, 0.15) is 38.5 Å². The summed E-state index contributed by atoms with van der Waals surface area (Å²) >= 11 is 8.04. The summed E-state index contributed by atoms with van der Waals surface area (Å²) in [6, 6.07) is 0. The Balaban J connectivity index is 3.44. The highest BCUT2D eigenvalue weighted by atomic mass is 32.2. The van der Waals surface area contributed by atoms with Gasteiger partial charge in [-0.05, 0) is 56.6 Å². The first-order valence-electron chi connectivity index (χ1n) is 9.36. The van der Waals surface area contributed by atoms with E-state index in [1.54, 1.807) is 0 Å². The van der Waals surface area contributed by atoms with Crippen molar-refractivity contribution in [2.45, 2.75) is 54.0 Å².